The lowest BCUT2D eigenvalue weighted by atomic mass is 9.78. The Bertz CT molecular complexity index is 1190. The van der Waals surface area contributed by atoms with Gasteiger partial charge in [-0.15, -0.1) is 0 Å². The number of hydrogen-bond donors (Lipinski definition) is 0. The third-order valence-corrected chi connectivity index (χ3v) is 6.17. The first-order valence-electron chi connectivity index (χ1n) is 10.7. The molecule has 1 heterocycles. The van der Waals surface area contributed by atoms with Crippen molar-refractivity contribution in [2.75, 3.05) is 6.54 Å². The van der Waals surface area contributed by atoms with Crippen LogP contribution in [0.5, 0.6) is 0 Å². The van der Waals surface area contributed by atoms with Crippen LogP contribution in [0.2, 0.25) is 0 Å². The Morgan fingerprint density at radius 1 is 0.586 bits per heavy atom. The molecular formula is C27H26N2. The molecule has 0 aromatic heterocycles. The molecule has 0 N–H and O–H groups in total. The van der Waals surface area contributed by atoms with Gasteiger partial charge in [0.2, 0.25) is 0 Å². The van der Waals surface area contributed by atoms with E-state index >= 15 is 0 Å². The third-order valence-electron chi connectivity index (χ3n) is 6.17. The van der Waals surface area contributed by atoms with Crippen LogP contribution in [0.3, 0.4) is 0 Å². The molecule has 0 unspecified atom stereocenters. The lowest BCUT2D eigenvalue weighted by molar-refractivity contribution is 0.676. The predicted molar refractivity (Wildman–Crippen MR) is 119 cm³/mol. The maximum Gasteiger partial charge on any atom is 0.0881 e. The molecule has 2 heteroatoms. The van der Waals surface area contributed by atoms with Gasteiger partial charge in [0.1, 0.15) is 0 Å². The summed E-state index contributed by atoms with van der Waals surface area (Å²) in [5.41, 5.74) is 9.49. The van der Waals surface area contributed by atoms with Gasteiger partial charge in [0.25, 0.3) is 0 Å². The van der Waals surface area contributed by atoms with Crippen LogP contribution in [0.1, 0.15) is 35.1 Å². The summed E-state index contributed by atoms with van der Waals surface area (Å²) in [6.07, 6.45) is 11.6. The first kappa shape index (κ1) is 18.1. The number of fused-ring (bicyclic) bond motifs is 6. The number of para-hydroxylation sites is 2. The van der Waals surface area contributed by atoms with E-state index in [0.29, 0.717) is 0 Å². The number of nitrogens with zero attached hydrogens (tertiary/aromatic N) is 2. The quantitative estimate of drug-likeness (QED) is 0.538. The van der Waals surface area contributed by atoms with E-state index in [-0.39, 0.29) is 0 Å². The maximum atomic E-state index is 4.31. The zero-order chi connectivity index (χ0) is 19.5. The first-order valence-corrected chi connectivity index (χ1v) is 10.7. The molecule has 6 rings (SSSR count). The smallest absolute Gasteiger partial charge is 0.0881 e. The van der Waals surface area contributed by atoms with E-state index < -0.39 is 0 Å². The zero-order valence-corrected chi connectivity index (χ0v) is 16.8. The van der Waals surface area contributed by atoms with Crippen LogP contribution in [-0.2, 0) is 25.7 Å². The zero-order valence-electron chi connectivity index (χ0n) is 16.8. The van der Waals surface area contributed by atoms with Crippen LogP contribution < -0.4 is 10.7 Å². The van der Waals surface area contributed by atoms with Crippen LogP contribution in [-0.4, -0.2) is 6.54 Å². The molecule has 0 atom stereocenters. The lowest BCUT2D eigenvalue weighted by Gasteiger charge is -2.26. The summed E-state index contributed by atoms with van der Waals surface area (Å²) in [5, 5.41) is 1.94. The molecule has 3 aromatic rings. The van der Waals surface area contributed by atoms with Gasteiger partial charge in [0.15, 0.2) is 0 Å². The molecule has 0 saturated heterocycles. The summed E-state index contributed by atoms with van der Waals surface area (Å²) < 4.78 is 0. The van der Waals surface area contributed by atoms with E-state index in [2.05, 4.69) is 46.4 Å². The summed E-state index contributed by atoms with van der Waals surface area (Å²) in [7, 11) is 0. The highest BCUT2D eigenvalue weighted by atomic mass is 14.8. The van der Waals surface area contributed by atoms with E-state index in [1.54, 1.807) is 22.9 Å². The van der Waals surface area contributed by atoms with Crippen LogP contribution in [0.15, 0.2) is 82.9 Å². The molecule has 0 radical (unpaired) electrons. The SMILES string of the molecule is C1=CN=c2ccccc2=NC1.c1ccc2c(c1)CCc1c-2ccc2c1CCCC2. The second-order valence-corrected chi connectivity index (χ2v) is 7.94. The fourth-order valence-corrected chi connectivity index (χ4v) is 4.74. The van der Waals surface area contributed by atoms with Gasteiger partial charge in [0.05, 0.1) is 17.3 Å². The molecule has 3 aliphatic rings. The highest BCUT2D eigenvalue weighted by Crippen LogP contribution is 2.38. The minimum absolute atomic E-state index is 0.737. The van der Waals surface area contributed by atoms with Crippen molar-refractivity contribution in [1.29, 1.82) is 0 Å². The van der Waals surface area contributed by atoms with Gasteiger partial charge in [0, 0.05) is 6.20 Å². The van der Waals surface area contributed by atoms with Gasteiger partial charge in [-0.05, 0) is 90.1 Å². The molecule has 2 nitrogen and oxygen atoms in total. The van der Waals surface area contributed by atoms with Crippen LogP contribution >= 0.6 is 0 Å². The second-order valence-electron chi connectivity index (χ2n) is 7.94. The van der Waals surface area contributed by atoms with E-state index in [1.165, 1.54) is 55.2 Å². The van der Waals surface area contributed by atoms with Gasteiger partial charge in [-0.2, -0.15) is 0 Å². The van der Waals surface area contributed by atoms with Gasteiger partial charge in [-0.25, -0.2) is 0 Å². The Kier molecular flexibility index (Phi) is 5.08. The Hall–Kier alpha value is -3.00. The summed E-state index contributed by atoms with van der Waals surface area (Å²) in [4.78, 5) is 8.52. The monoisotopic (exact) mass is 378 g/mol. The Balaban J connectivity index is 0.000000142. The lowest BCUT2D eigenvalue weighted by Crippen LogP contribution is -2.23. The number of hydrogen-bond acceptors (Lipinski definition) is 2. The average molecular weight is 379 g/mol. The number of aryl methyl sites for hydroxylation is 2. The van der Waals surface area contributed by atoms with Gasteiger partial charge < -0.3 is 0 Å². The first-order chi connectivity index (χ1) is 14.4. The van der Waals surface area contributed by atoms with E-state index in [0.717, 1.165) is 17.3 Å². The number of rotatable bonds is 0. The highest BCUT2D eigenvalue weighted by Gasteiger charge is 2.21. The van der Waals surface area contributed by atoms with Crippen LogP contribution in [0.25, 0.3) is 11.1 Å². The molecule has 0 fully saturated rings. The number of benzene rings is 3. The summed E-state index contributed by atoms with van der Waals surface area (Å²) in [5.74, 6) is 0. The van der Waals surface area contributed by atoms with Crippen molar-refractivity contribution in [3.05, 3.63) is 106 Å². The topological polar surface area (TPSA) is 24.7 Å². The van der Waals surface area contributed by atoms with Crippen molar-refractivity contribution in [1.82, 2.24) is 0 Å². The maximum absolute atomic E-state index is 4.31. The van der Waals surface area contributed by atoms with Crippen LogP contribution in [0, 0.1) is 0 Å². The Labute approximate surface area is 172 Å². The van der Waals surface area contributed by atoms with E-state index in [1.807, 2.05) is 30.3 Å². The van der Waals surface area contributed by atoms with Crippen molar-refractivity contribution in [2.45, 2.75) is 38.5 Å². The van der Waals surface area contributed by atoms with Crippen molar-refractivity contribution in [2.24, 2.45) is 9.98 Å². The van der Waals surface area contributed by atoms with Gasteiger partial charge >= 0.3 is 0 Å². The molecule has 144 valence electrons. The molecule has 2 aliphatic carbocycles. The molecule has 0 amide bonds. The fourth-order valence-electron chi connectivity index (χ4n) is 4.74. The molecule has 0 spiro atoms. The fraction of sp³-hybridized carbons (Fsp3) is 0.259. The van der Waals surface area contributed by atoms with Gasteiger partial charge in [-0.3, -0.25) is 9.98 Å². The normalized spacial score (nSPS) is 15.7. The summed E-state index contributed by atoms with van der Waals surface area (Å²) in [6.45, 7) is 0.737. The van der Waals surface area contributed by atoms with Crippen LogP contribution in [0.4, 0.5) is 0 Å². The molecule has 1 aliphatic heterocycles. The molecule has 3 aromatic carbocycles. The molecule has 0 saturated carbocycles. The predicted octanol–water partition coefficient (Wildman–Crippen LogP) is 4.78. The van der Waals surface area contributed by atoms with E-state index in [4.69, 9.17) is 0 Å². The summed E-state index contributed by atoms with van der Waals surface area (Å²) >= 11 is 0. The second kappa shape index (κ2) is 8.16. The van der Waals surface area contributed by atoms with Gasteiger partial charge in [-0.1, -0.05) is 48.5 Å². The largest absolute Gasteiger partial charge is 0.279 e. The highest BCUT2D eigenvalue weighted by molar-refractivity contribution is 5.75. The van der Waals surface area contributed by atoms with Crippen molar-refractivity contribution in [3.63, 3.8) is 0 Å². The van der Waals surface area contributed by atoms with Crippen molar-refractivity contribution < 1.29 is 0 Å². The molecule has 0 bridgehead atoms. The third kappa shape index (κ3) is 3.67. The standard InChI is InChI=1S/C18H18.C9H8N2/c1-3-7-15-13(5-1)9-11-18-16-8-4-2-6-14(16)10-12-17(15)18;1-2-5-9-8(4-1)10-6-3-7-11-9/h1,3,5,7,10,12H,2,4,6,8-9,11H2;1-6H,7H2. The minimum atomic E-state index is 0.737. The van der Waals surface area contributed by atoms with Crippen molar-refractivity contribution >= 4 is 0 Å². The minimum Gasteiger partial charge on any atom is -0.279 e. The van der Waals surface area contributed by atoms with E-state index in [9.17, 15) is 0 Å². The molecule has 29 heavy (non-hydrogen) atoms. The Morgan fingerprint density at radius 2 is 1.41 bits per heavy atom. The Morgan fingerprint density at radius 3 is 2.38 bits per heavy atom. The summed E-state index contributed by atoms with van der Waals surface area (Å²) in [6, 6.07) is 21.6. The average Bonchev–Trinajstić information content (AvgIpc) is 3.05. The molecular weight excluding hydrogens is 352 g/mol. The van der Waals surface area contributed by atoms with Crippen molar-refractivity contribution in [3.8, 4) is 11.1 Å².